The molecule has 2 saturated heterocycles. The third kappa shape index (κ3) is 20.1. The fraction of sp³-hybridized carbons (Fsp3) is 0.265. The van der Waals surface area contributed by atoms with Crippen molar-refractivity contribution in [2.24, 2.45) is 5.92 Å². The average Bonchev–Trinajstić information content (AvgIpc) is 0.781. The second-order valence-electron chi connectivity index (χ2n) is 23.4. The molecule has 0 bridgehead atoms. The number of anilines is 5. The highest BCUT2D eigenvalue weighted by atomic mass is 79.9. The van der Waals surface area contributed by atoms with Crippen molar-refractivity contribution in [1.82, 2.24) is 13.6 Å². The van der Waals surface area contributed by atoms with Crippen molar-refractivity contribution in [1.29, 1.82) is 0 Å². The average molecular weight is 1560 g/mol. The summed E-state index contributed by atoms with van der Waals surface area (Å²) in [5.41, 5.74) is 2.67. The highest BCUT2D eigenvalue weighted by Gasteiger charge is 2.31. The van der Waals surface area contributed by atoms with Gasteiger partial charge in [0.1, 0.15) is 22.8 Å². The van der Waals surface area contributed by atoms with E-state index in [0.29, 0.717) is 89.3 Å². The molecular formula is C68H72BrFN8O17S6. The minimum Gasteiger partial charge on any atom is -0.506 e. The standard InChI is InChI=1S/C26H31N3O6S2.C25H28FN3O6S2.C17H13BrN2O5S2/c1-18(2)16-35-20-9-7-19(8-10-20)28-11-13-29(14-12-28)37(33,34)27-23-15-24(36-17-25(30)31)26(32)22-6-4-3-5-21(22)23;1-16(2)35-22-13-17(7-8-20(22)26)28-9-11-29(12-10-28)37(33,34)27-21-14-23(36-15-24(30)31)25(32)19-6-4-3-5-18(19)21;18-10-3-5-11(6-4-10)27(24,25)20-13-8-14(26-9-15(21)22)17(23)16-12(13)2-1-7-19-16/h3-10,15,18,27,32H,11-14,16-17H2,1-2H3,(H,30,31);3-8,13-14,16,27,32H,9-12,15H2,1-2H3,(H,30,31);1-8,20,23H,9H2,(H,21,22). The molecule has 8 aromatic carbocycles. The van der Waals surface area contributed by atoms with E-state index in [2.05, 4.69) is 53.8 Å². The third-order valence-electron chi connectivity index (χ3n) is 15.3. The van der Waals surface area contributed by atoms with E-state index in [0.717, 1.165) is 56.9 Å². The van der Waals surface area contributed by atoms with Gasteiger partial charge in [0.2, 0.25) is 0 Å². The summed E-state index contributed by atoms with van der Waals surface area (Å²) in [6.07, 6.45) is 1.28. The predicted octanol–water partition coefficient (Wildman–Crippen LogP) is 12.0. The first kappa shape index (κ1) is 76.5. The van der Waals surface area contributed by atoms with Gasteiger partial charge in [-0.15, -0.1) is 35.3 Å². The van der Waals surface area contributed by atoms with Crippen LogP contribution in [-0.4, -0.2) is 170 Å². The molecule has 33 heteroatoms. The fourth-order valence-corrected chi connectivity index (χ4v) is 16.5. The summed E-state index contributed by atoms with van der Waals surface area (Å²) >= 11 is 5.98. The molecular weight excluding hydrogens is 1490 g/mol. The maximum atomic E-state index is 14.1. The van der Waals surface area contributed by atoms with Crippen LogP contribution in [0.4, 0.5) is 32.8 Å². The number of piperazine rings is 2. The number of fused-ring (bicyclic) bond motifs is 3. The Morgan fingerprint density at radius 1 is 0.535 bits per heavy atom. The number of thioether (sulfide) groups is 3. The van der Waals surface area contributed by atoms with E-state index in [4.69, 9.17) is 24.8 Å². The smallest absolute Gasteiger partial charge is 0.313 e. The van der Waals surface area contributed by atoms with Gasteiger partial charge in [-0.2, -0.15) is 25.4 Å². The Kier molecular flexibility index (Phi) is 25.7. The molecule has 25 nitrogen and oxygen atoms in total. The van der Waals surface area contributed by atoms with E-state index in [1.54, 1.807) is 84.9 Å². The van der Waals surface area contributed by atoms with Crippen LogP contribution in [0.5, 0.6) is 28.7 Å². The van der Waals surface area contributed by atoms with Crippen LogP contribution < -0.4 is 33.4 Å². The van der Waals surface area contributed by atoms with Crippen molar-refractivity contribution in [3.63, 3.8) is 0 Å². The molecule has 0 saturated carbocycles. The van der Waals surface area contributed by atoms with E-state index in [9.17, 15) is 59.3 Å². The minimum absolute atomic E-state index is 0.0653. The van der Waals surface area contributed by atoms with Crippen molar-refractivity contribution in [3.05, 3.63) is 162 Å². The molecule has 2 aliphatic rings. The number of hydrogen-bond acceptors (Lipinski definition) is 20. The number of halogens is 2. The van der Waals surface area contributed by atoms with E-state index in [1.807, 2.05) is 43.0 Å². The molecule has 0 spiro atoms. The molecule has 3 heterocycles. The highest BCUT2D eigenvalue weighted by Crippen LogP contribution is 2.43. The Labute approximate surface area is 604 Å². The van der Waals surface area contributed by atoms with Gasteiger partial charge in [-0.05, 0) is 111 Å². The first-order valence-corrected chi connectivity index (χ1v) is 39.2. The summed E-state index contributed by atoms with van der Waals surface area (Å²) in [5, 5.41) is 60.8. The Hall–Kier alpha value is -8.67. The van der Waals surface area contributed by atoms with Crippen molar-refractivity contribution in [3.8, 4) is 28.7 Å². The molecule has 0 atom stereocenters. The summed E-state index contributed by atoms with van der Waals surface area (Å²) in [4.78, 5) is 41.9. The maximum absolute atomic E-state index is 14.1. The number of hydrogen-bond donors (Lipinski definition) is 9. The number of nitrogens with one attached hydrogen (secondary N) is 3. The van der Waals surface area contributed by atoms with Crippen molar-refractivity contribution in [2.45, 2.75) is 53.4 Å². The Morgan fingerprint density at radius 2 is 0.960 bits per heavy atom. The molecule has 0 radical (unpaired) electrons. The minimum atomic E-state index is -3.96. The lowest BCUT2D eigenvalue weighted by atomic mass is 10.1. The number of carbonyl (C=O) groups is 3. The zero-order valence-electron chi connectivity index (χ0n) is 54.7. The van der Waals surface area contributed by atoms with Gasteiger partial charge in [-0.1, -0.05) is 78.3 Å². The number of rotatable bonds is 25. The Bertz CT molecular complexity index is 4840. The molecule has 11 rings (SSSR count). The normalized spacial score (nSPS) is 13.9. The van der Waals surface area contributed by atoms with E-state index in [-0.39, 0.29) is 91.0 Å². The molecule has 2 aliphatic heterocycles. The second kappa shape index (κ2) is 33.9. The van der Waals surface area contributed by atoms with Gasteiger partial charge in [0.25, 0.3) is 10.0 Å². The number of phenolic OH excluding ortho intramolecular Hbond substituents is 3. The first-order valence-electron chi connectivity index (χ1n) is 31.1. The maximum Gasteiger partial charge on any atom is 0.313 e. The highest BCUT2D eigenvalue weighted by molar-refractivity contribution is 9.10. The largest absolute Gasteiger partial charge is 0.506 e. The van der Waals surface area contributed by atoms with Gasteiger partial charge in [0.15, 0.2) is 17.3 Å². The zero-order chi connectivity index (χ0) is 72.9. The quantitative estimate of drug-likeness (QED) is 0.0190. The Morgan fingerprint density at radius 3 is 1.42 bits per heavy atom. The van der Waals surface area contributed by atoms with E-state index < -0.39 is 54.2 Å². The topological polar surface area (TPSA) is 355 Å². The number of carboxylic acids is 3. The first-order chi connectivity index (χ1) is 48.0. The number of phenols is 3. The number of benzene rings is 8. The monoisotopic (exact) mass is 1560 g/mol. The van der Waals surface area contributed by atoms with Crippen LogP contribution in [0.25, 0.3) is 32.4 Å². The molecule has 0 amide bonds. The molecule has 2 fully saturated rings. The molecule has 536 valence electrons. The molecule has 101 heavy (non-hydrogen) atoms. The molecule has 0 unspecified atom stereocenters. The van der Waals surface area contributed by atoms with E-state index >= 15 is 0 Å². The summed E-state index contributed by atoms with van der Waals surface area (Å²) < 4.78 is 115. The van der Waals surface area contributed by atoms with Crippen LogP contribution >= 0.6 is 51.2 Å². The van der Waals surface area contributed by atoms with Crippen LogP contribution in [-0.2, 0) is 44.8 Å². The van der Waals surface area contributed by atoms with E-state index in [1.165, 1.54) is 51.2 Å². The Balaban J connectivity index is 0.000000179. The third-order valence-corrected chi connectivity index (χ3v) is 23.3. The lowest BCUT2D eigenvalue weighted by Gasteiger charge is -2.35. The summed E-state index contributed by atoms with van der Waals surface area (Å²) in [5.74, 6) is -3.38. The van der Waals surface area contributed by atoms with Crippen LogP contribution in [0.15, 0.2) is 176 Å². The molecule has 0 aliphatic carbocycles. The molecule has 9 N–H and O–H groups in total. The number of pyridine rings is 1. The number of carboxylic acid groups (broad SMARTS) is 3. The summed E-state index contributed by atoms with van der Waals surface area (Å²) in [7, 11) is -11.7. The van der Waals surface area contributed by atoms with Crippen molar-refractivity contribution < 1.29 is 84.1 Å². The van der Waals surface area contributed by atoms with Gasteiger partial charge in [0.05, 0.1) is 66.6 Å². The van der Waals surface area contributed by atoms with Crippen LogP contribution in [0.3, 0.4) is 0 Å². The SMILES string of the molecule is CC(C)COc1ccc(N2CCN(S(=O)(=O)Nc3cc(SCC(=O)O)c(O)c4ccccc34)CC2)cc1.CC(C)Oc1cc(N2CCN(S(=O)(=O)Nc3cc(SCC(=O)O)c(O)c4ccccc34)CC2)ccc1F.O=C(O)CSc1cc(NS(=O)(=O)c2ccc(Br)cc2)c2cccnc2c1O. The number of aliphatic carboxylic acids is 3. The van der Waals surface area contributed by atoms with Crippen molar-refractivity contribution in [2.75, 3.05) is 100 Å². The fourth-order valence-electron chi connectivity index (χ4n) is 10.5. The zero-order valence-corrected chi connectivity index (χ0v) is 61.2. The van der Waals surface area contributed by atoms with Gasteiger partial charge >= 0.3 is 38.3 Å². The predicted molar refractivity (Wildman–Crippen MR) is 396 cm³/mol. The van der Waals surface area contributed by atoms with Gasteiger partial charge in [-0.25, -0.2) is 12.8 Å². The summed E-state index contributed by atoms with van der Waals surface area (Å²) in [6, 6.07) is 39.8. The number of sulfonamides is 1. The van der Waals surface area contributed by atoms with Gasteiger partial charge < -0.3 is 49.9 Å². The molecule has 9 aromatic rings. The second-order valence-corrected chi connectivity index (χ2v) is 32.4. The van der Waals surface area contributed by atoms with Crippen LogP contribution in [0.2, 0.25) is 0 Å². The van der Waals surface area contributed by atoms with Gasteiger partial charge in [0, 0.05) is 107 Å². The molecule has 1 aromatic heterocycles. The lowest BCUT2D eigenvalue weighted by Crippen LogP contribution is -2.50. The number of aromatic hydroxyl groups is 3. The number of nitrogens with zero attached hydrogens (tertiary/aromatic N) is 5. The number of ether oxygens (including phenoxy) is 2. The van der Waals surface area contributed by atoms with Crippen molar-refractivity contribution >= 4 is 160 Å². The van der Waals surface area contributed by atoms with Crippen LogP contribution in [0, 0.1) is 11.7 Å². The lowest BCUT2D eigenvalue weighted by molar-refractivity contribution is -0.134. The number of aromatic nitrogens is 1. The van der Waals surface area contributed by atoms with Gasteiger partial charge in [-0.3, -0.25) is 33.5 Å². The summed E-state index contributed by atoms with van der Waals surface area (Å²) in [6.45, 7) is 11.3. The van der Waals surface area contributed by atoms with Crippen LogP contribution in [0.1, 0.15) is 27.7 Å².